The third-order valence-corrected chi connectivity index (χ3v) is 5.16. The van der Waals surface area contributed by atoms with Crippen LogP contribution in [0.2, 0.25) is 0 Å². The lowest BCUT2D eigenvalue weighted by Gasteiger charge is -2.27. The monoisotopic (exact) mass is 300 g/mol. The molecule has 1 aliphatic rings. The van der Waals surface area contributed by atoms with E-state index in [2.05, 4.69) is 38.1 Å². The van der Waals surface area contributed by atoms with Gasteiger partial charge in [-0.2, -0.15) is 0 Å². The third kappa shape index (κ3) is 4.97. The van der Waals surface area contributed by atoms with Gasteiger partial charge in [-0.1, -0.05) is 70.2 Å². The van der Waals surface area contributed by atoms with Crippen molar-refractivity contribution in [1.29, 1.82) is 0 Å². The van der Waals surface area contributed by atoms with Gasteiger partial charge in [0.2, 0.25) is 0 Å². The number of benzene rings is 1. The number of carbonyl (C=O) groups is 1. The summed E-state index contributed by atoms with van der Waals surface area (Å²) < 4.78 is 0. The molecule has 1 nitrogen and oxygen atoms in total. The Balaban J connectivity index is 1.87. The van der Waals surface area contributed by atoms with E-state index in [-0.39, 0.29) is 5.92 Å². The Bertz CT molecular complexity index is 445. The van der Waals surface area contributed by atoms with Crippen LogP contribution in [0.4, 0.5) is 0 Å². The average molecular weight is 300 g/mol. The van der Waals surface area contributed by atoms with Gasteiger partial charge in [0.1, 0.15) is 5.78 Å². The maximum absolute atomic E-state index is 12.5. The Kier molecular flexibility index (Phi) is 7.15. The van der Waals surface area contributed by atoms with Crippen molar-refractivity contribution in [3.05, 3.63) is 35.4 Å². The molecular formula is C21H32O. The molecule has 1 heteroatoms. The zero-order valence-corrected chi connectivity index (χ0v) is 14.4. The number of carbonyl (C=O) groups excluding carboxylic acids is 1. The van der Waals surface area contributed by atoms with Crippen LogP contribution in [0.3, 0.4) is 0 Å². The summed E-state index contributed by atoms with van der Waals surface area (Å²) in [5.41, 5.74) is 2.66. The van der Waals surface area contributed by atoms with Gasteiger partial charge in [-0.3, -0.25) is 4.79 Å². The Hall–Kier alpha value is -1.11. The topological polar surface area (TPSA) is 17.1 Å². The van der Waals surface area contributed by atoms with Gasteiger partial charge in [0, 0.05) is 12.3 Å². The summed E-state index contributed by atoms with van der Waals surface area (Å²) >= 11 is 0. The fourth-order valence-corrected chi connectivity index (χ4v) is 3.67. The Morgan fingerprint density at radius 2 is 1.68 bits per heavy atom. The highest BCUT2D eigenvalue weighted by Crippen LogP contribution is 2.35. The highest BCUT2D eigenvalue weighted by molar-refractivity contribution is 5.86. The van der Waals surface area contributed by atoms with Crippen molar-refractivity contribution >= 4 is 5.78 Å². The van der Waals surface area contributed by atoms with Crippen molar-refractivity contribution in [2.45, 2.75) is 84.0 Å². The number of hydrogen-bond acceptors (Lipinski definition) is 1. The molecule has 2 rings (SSSR count). The maximum atomic E-state index is 12.5. The summed E-state index contributed by atoms with van der Waals surface area (Å²) in [4.78, 5) is 12.5. The molecule has 1 aliphatic carbocycles. The highest BCUT2D eigenvalue weighted by Gasteiger charge is 2.29. The van der Waals surface area contributed by atoms with Crippen molar-refractivity contribution in [2.24, 2.45) is 5.92 Å². The molecule has 22 heavy (non-hydrogen) atoms. The van der Waals surface area contributed by atoms with Crippen LogP contribution in [0.25, 0.3) is 0 Å². The van der Waals surface area contributed by atoms with Crippen LogP contribution in [-0.4, -0.2) is 5.78 Å². The molecule has 1 aromatic rings. The molecule has 0 heterocycles. The first-order valence-corrected chi connectivity index (χ1v) is 9.36. The van der Waals surface area contributed by atoms with E-state index in [0.717, 1.165) is 19.3 Å². The van der Waals surface area contributed by atoms with Crippen molar-refractivity contribution in [3.63, 3.8) is 0 Å². The lowest BCUT2D eigenvalue weighted by molar-refractivity contribution is -0.123. The SMILES string of the molecule is CCCCCC1CCC(c2ccc(CCCC)cc2)C(=O)C1. The van der Waals surface area contributed by atoms with Crippen molar-refractivity contribution in [1.82, 2.24) is 0 Å². The Labute approximate surface area is 136 Å². The van der Waals surface area contributed by atoms with E-state index in [1.807, 2.05) is 0 Å². The number of Topliss-reactive ketones (excluding diaryl/α,β-unsaturated/α-hetero) is 1. The maximum Gasteiger partial charge on any atom is 0.140 e. The first-order chi connectivity index (χ1) is 10.7. The molecule has 0 spiro atoms. The number of ketones is 1. The minimum Gasteiger partial charge on any atom is -0.299 e. The van der Waals surface area contributed by atoms with Gasteiger partial charge in [-0.05, 0) is 42.7 Å². The van der Waals surface area contributed by atoms with Crippen molar-refractivity contribution < 1.29 is 4.79 Å². The van der Waals surface area contributed by atoms with E-state index in [0.29, 0.717) is 11.7 Å². The second-order valence-electron chi connectivity index (χ2n) is 7.01. The number of rotatable bonds is 8. The summed E-state index contributed by atoms with van der Waals surface area (Å²) in [6, 6.07) is 8.85. The second kappa shape index (κ2) is 9.12. The Morgan fingerprint density at radius 3 is 2.32 bits per heavy atom. The summed E-state index contributed by atoms with van der Waals surface area (Å²) in [6.07, 6.45) is 11.9. The minimum absolute atomic E-state index is 0.169. The van der Waals surface area contributed by atoms with Crippen LogP contribution in [-0.2, 0) is 11.2 Å². The molecule has 1 aromatic carbocycles. The molecule has 0 radical (unpaired) electrons. The standard InChI is InChI=1S/C21H32O/c1-3-5-7-9-18-12-15-20(21(22)16-18)19-13-10-17(11-14-19)8-6-4-2/h10-11,13-14,18,20H,3-9,12,15-16H2,1-2H3. The van der Waals surface area contributed by atoms with E-state index >= 15 is 0 Å². The molecule has 0 bridgehead atoms. The third-order valence-electron chi connectivity index (χ3n) is 5.16. The first-order valence-electron chi connectivity index (χ1n) is 9.36. The van der Waals surface area contributed by atoms with Gasteiger partial charge in [-0.25, -0.2) is 0 Å². The zero-order valence-electron chi connectivity index (χ0n) is 14.4. The quantitative estimate of drug-likeness (QED) is 0.533. The van der Waals surface area contributed by atoms with Gasteiger partial charge >= 0.3 is 0 Å². The van der Waals surface area contributed by atoms with Crippen LogP contribution in [0.5, 0.6) is 0 Å². The molecule has 2 unspecified atom stereocenters. The minimum atomic E-state index is 0.169. The molecule has 122 valence electrons. The molecule has 0 amide bonds. The van der Waals surface area contributed by atoms with Gasteiger partial charge in [0.15, 0.2) is 0 Å². The van der Waals surface area contributed by atoms with E-state index in [1.165, 1.54) is 56.1 Å². The van der Waals surface area contributed by atoms with Crippen LogP contribution in [0.15, 0.2) is 24.3 Å². The van der Waals surface area contributed by atoms with Crippen LogP contribution < -0.4 is 0 Å². The van der Waals surface area contributed by atoms with E-state index < -0.39 is 0 Å². The van der Waals surface area contributed by atoms with E-state index in [1.54, 1.807) is 0 Å². The average Bonchev–Trinajstić information content (AvgIpc) is 2.54. The summed E-state index contributed by atoms with van der Waals surface area (Å²) in [7, 11) is 0. The molecule has 0 saturated heterocycles. The van der Waals surface area contributed by atoms with Crippen molar-refractivity contribution in [2.75, 3.05) is 0 Å². The van der Waals surface area contributed by atoms with Gasteiger partial charge < -0.3 is 0 Å². The predicted molar refractivity (Wildman–Crippen MR) is 94.3 cm³/mol. The normalized spacial score (nSPS) is 22.0. The van der Waals surface area contributed by atoms with Crippen molar-refractivity contribution in [3.8, 4) is 0 Å². The predicted octanol–water partition coefficient (Wildman–Crippen LogP) is 6.06. The summed E-state index contributed by atoms with van der Waals surface area (Å²) in [5, 5.41) is 0. The van der Waals surface area contributed by atoms with Gasteiger partial charge in [0.05, 0.1) is 0 Å². The molecule has 1 saturated carbocycles. The fraction of sp³-hybridized carbons (Fsp3) is 0.667. The Morgan fingerprint density at radius 1 is 0.955 bits per heavy atom. The first kappa shape index (κ1) is 17.2. The van der Waals surface area contributed by atoms with E-state index in [4.69, 9.17) is 0 Å². The number of aryl methyl sites for hydroxylation is 1. The smallest absolute Gasteiger partial charge is 0.140 e. The number of unbranched alkanes of at least 4 members (excludes halogenated alkanes) is 3. The highest BCUT2D eigenvalue weighted by atomic mass is 16.1. The lowest BCUT2D eigenvalue weighted by atomic mass is 9.76. The van der Waals surface area contributed by atoms with E-state index in [9.17, 15) is 4.79 Å². The van der Waals surface area contributed by atoms with Crippen LogP contribution in [0.1, 0.15) is 88.7 Å². The molecule has 0 aliphatic heterocycles. The number of hydrogen-bond donors (Lipinski definition) is 0. The molecule has 2 atom stereocenters. The second-order valence-corrected chi connectivity index (χ2v) is 7.01. The zero-order chi connectivity index (χ0) is 15.8. The molecular weight excluding hydrogens is 268 g/mol. The molecule has 0 aromatic heterocycles. The van der Waals surface area contributed by atoms with Gasteiger partial charge in [0.25, 0.3) is 0 Å². The molecule has 0 N–H and O–H groups in total. The lowest BCUT2D eigenvalue weighted by Crippen LogP contribution is -2.23. The van der Waals surface area contributed by atoms with Crippen LogP contribution in [0, 0.1) is 5.92 Å². The summed E-state index contributed by atoms with van der Waals surface area (Å²) in [6.45, 7) is 4.47. The molecule has 1 fully saturated rings. The summed E-state index contributed by atoms with van der Waals surface area (Å²) in [5.74, 6) is 1.30. The largest absolute Gasteiger partial charge is 0.299 e. The van der Waals surface area contributed by atoms with Crippen LogP contribution >= 0.6 is 0 Å². The van der Waals surface area contributed by atoms with Gasteiger partial charge in [-0.15, -0.1) is 0 Å². The fourth-order valence-electron chi connectivity index (χ4n) is 3.67.